The van der Waals surface area contributed by atoms with E-state index in [9.17, 15) is 19.2 Å². The number of rotatable bonds is 4. The highest BCUT2D eigenvalue weighted by atomic mass is 32.1. The zero-order valence-electron chi connectivity index (χ0n) is 15.9. The molecule has 3 aromatic rings. The number of hydrogen-bond acceptors (Lipinski definition) is 7. The Balaban J connectivity index is 1.51. The topological polar surface area (TPSA) is 109 Å². The molecule has 0 radical (unpaired) electrons. The van der Waals surface area contributed by atoms with Crippen LogP contribution >= 0.6 is 11.3 Å². The Hall–Kier alpha value is -3.33. The molecule has 0 spiro atoms. The van der Waals surface area contributed by atoms with E-state index in [0.717, 1.165) is 15.3 Å². The number of ether oxygens (including phenoxy) is 1. The number of thiophene rings is 1. The quantitative estimate of drug-likeness (QED) is 0.522. The normalized spacial score (nSPS) is 14.4. The van der Waals surface area contributed by atoms with Gasteiger partial charge in [0.25, 0.3) is 17.4 Å². The zero-order chi connectivity index (χ0) is 20.9. The fourth-order valence-corrected chi connectivity index (χ4v) is 4.30. The van der Waals surface area contributed by atoms with Crippen LogP contribution in [0.4, 0.5) is 0 Å². The molecule has 1 aromatic carbocycles. The predicted octanol–water partition coefficient (Wildman–Crippen LogP) is 2.50. The number of aromatic amines is 1. The monoisotopic (exact) mass is 411 g/mol. The molecule has 8 nitrogen and oxygen atoms in total. The van der Waals surface area contributed by atoms with Gasteiger partial charge in [-0.25, -0.2) is 4.98 Å². The van der Waals surface area contributed by atoms with Crippen LogP contribution in [0, 0.1) is 13.8 Å². The van der Waals surface area contributed by atoms with Crippen LogP contribution in [0.25, 0.3) is 10.2 Å². The van der Waals surface area contributed by atoms with Crippen molar-refractivity contribution in [2.45, 2.75) is 26.9 Å². The minimum atomic E-state index is -0.850. The highest BCUT2D eigenvalue weighted by Crippen LogP contribution is 2.27. The van der Waals surface area contributed by atoms with Crippen molar-refractivity contribution in [1.29, 1.82) is 0 Å². The van der Waals surface area contributed by atoms with E-state index in [0.29, 0.717) is 10.2 Å². The minimum Gasteiger partial charge on any atom is -0.453 e. The lowest BCUT2D eigenvalue weighted by atomic mass is 10.1. The summed E-state index contributed by atoms with van der Waals surface area (Å²) < 4.78 is 5.32. The smallest absolute Gasteiger partial charge is 0.326 e. The average molecular weight is 411 g/mol. The predicted molar refractivity (Wildman–Crippen MR) is 106 cm³/mol. The number of H-pyrrole nitrogens is 1. The summed E-state index contributed by atoms with van der Waals surface area (Å²) in [7, 11) is 0. The van der Waals surface area contributed by atoms with Gasteiger partial charge in [-0.2, -0.15) is 0 Å². The molecule has 1 N–H and O–H groups in total. The van der Waals surface area contributed by atoms with E-state index in [1.807, 2.05) is 13.8 Å². The van der Waals surface area contributed by atoms with Crippen molar-refractivity contribution >= 4 is 39.3 Å². The molecule has 1 aliphatic rings. The van der Waals surface area contributed by atoms with E-state index in [4.69, 9.17) is 4.74 Å². The summed E-state index contributed by atoms with van der Waals surface area (Å²) >= 11 is 1.39. The Bertz CT molecular complexity index is 1210. The Kier molecular flexibility index (Phi) is 4.54. The summed E-state index contributed by atoms with van der Waals surface area (Å²) in [6.45, 7) is 4.82. The molecule has 0 saturated carbocycles. The van der Waals surface area contributed by atoms with Gasteiger partial charge in [-0.1, -0.05) is 12.1 Å². The zero-order valence-corrected chi connectivity index (χ0v) is 16.8. The van der Waals surface area contributed by atoms with Gasteiger partial charge < -0.3 is 9.72 Å². The Morgan fingerprint density at radius 3 is 2.41 bits per heavy atom. The minimum absolute atomic E-state index is 0.208. The molecule has 0 saturated heterocycles. The van der Waals surface area contributed by atoms with Gasteiger partial charge in [-0.05, 0) is 38.5 Å². The van der Waals surface area contributed by atoms with Gasteiger partial charge in [0, 0.05) is 4.88 Å². The fraction of sp³-hybridized carbons (Fsp3) is 0.250. The summed E-state index contributed by atoms with van der Waals surface area (Å²) in [5.74, 6) is -1.63. The number of esters is 1. The van der Waals surface area contributed by atoms with Crippen LogP contribution in [0.2, 0.25) is 0 Å². The molecule has 1 unspecified atom stereocenters. The lowest BCUT2D eigenvalue weighted by Crippen LogP contribution is -2.36. The van der Waals surface area contributed by atoms with E-state index >= 15 is 0 Å². The second-order valence-corrected chi connectivity index (χ2v) is 7.99. The number of nitrogens with zero attached hydrogens (tertiary/aromatic N) is 2. The van der Waals surface area contributed by atoms with Crippen molar-refractivity contribution in [3.8, 4) is 0 Å². The van der Waals surface area contributed by atoms with E-state index in [2.05, 4.69) is 9.97 Å². The molecule has 1 aliphatic heterocycles. The molecule has 148 valence electrons. The van der Waals surface area contributed by atoms with Crippen LogP contribution in [0.5, 0.6) is 0 Å². The summed E-state index contributed by atoms with van der Waals surface area (Å²) in [5.41, 5.74) is 1.10. The second-order valence-electron chi connectivity index (χ2n) is 6.79. The van der Waals surface area contributed by atoms with Gasteiger partial charge in [-0.15, -0.1) is 11.3 Å². The van der Waals surface area contributed by atoms with Gasteiger partial charge >= 0.3 is 5.97 Å². The van der Waals surface area contributed by atoms with E-state index in [1.165, 1.54) is 11.3 Å². The number of carbonyl (C=O) groups excluding carboxylic acids is 3. The van der Waals surface area contributed by atoms with E-state index in [-0.39, 0.29) is 22.5 Å². The molecule has 0 aliphatic carbocycles. The third-order valence-corrected chi connectivity index (χ3v) is 6.02. The van der Waals surface area contributed by atoms with Crippen molar-refractivity contribution in [2.24, 2.45) is 0 Å². The standard InChI is InChI=1S/C20H17N3O5S/c1-9-11(3)29-18-15(9)17(25)21-16(22-18)10(2)28-14(24)8-23-19(26)12-6-4-5-7-13(12)20(23)27/h4-7,10H,8H2,1-3H3,(H,21,22,25). The molecule has 2 amide bonds. The van der Waals surface area contributed by atoms with Gasteiger partial charge in [0.05, 0.1) is 16.5 Å². The molecule has 1 atom stereocenters. The van der Waals surface area contributed by atoms with Crippen molar-refractivity contribution < 1.29 is 19.1 Å². The molecule has 3 heterocycles. The van der Waals surface area contributed by atoms with Gasteiger partial charge in [-0.3, -0.25) is 24.1 Å². The number of carbonyl (C=O) groups is 3. The number of benzene rings is 1. The van der Waals surface area contributed by atoms with Crippen LogP contribution < -0.4 is 5.56 Å². The fourth-order valence-electron chi connectivity index (χ4n) is 3.27. The van der Waals surface area contributed by atoms with Crippen LogP contribution in [-0.4, -0.2) is 39.2 Å². The lowest BCUT2D eigenvalue weighted by molar-refractivity contribution is -0.149. The molecular formula is C20H17N3O5S. The first kappa shape index (κ1) is 19.0. The van der Waals surface area contributed by atoms with E-state index in [1.54, 1.807) is 31.2 Å². The number of aromatic nitrogens is 2. The summed E-state index contributed by atoms with van der Waals surface area (Å²) in [6.07, 6.45) is -0.850. The lowest BCUT2D eigenvalue weighted by Gasteiger charge is -2.16. The highest BCUT2D eigenvalue weighted by Gasteiger charge is 2.37. The molecular weight excluding hydrogens is 394 g/mol. The Morgan fingerprint density at radius 2 is 1.79 bits per heavy atom. The SMILES string of the molecule is Cc1sc2nc(C(C)OC(=O)CN3C(=O)c4ccccc4C3=O)[nH]c(=O)c2c1C. The van der Waals surface area contributed by atoms with Crippen molar-refractivity contribution in [3.05, 3.63) is 62.0 Å². The summed E-state index contributed by atoms with van der Waals surface area (Å²) in [5, 5.41) is 0.529. The highest BCUT2D eigenvalue weighted by molar-refractivity contribution is 7.18. The first-order valence-electron chi connectivity index (χ1n) is 8.92. The van der Waals surface area contributed by atoms with Crippen molar-refractivity contribution in [2.75, 3.05) is 6.54 Å². The first-order valence-corrected chi connectivity index (χ1v) is 9.74. The molecule has 4 rings (SSSR count). The first-order chi connectivity index (χ1) is 13.8. The molecule has 2 aromatic heterocycles. The third-order valence-electron chi connectivity index (χ3n) is 4.92. The maximum Gasteiger partial charge on any atom is 0.326 e. The molecule has 0 bridgehead atoms. The third kappa shape index (κ3) is 3.13. The van der Waals surface area contributed by atoms with Crippen LogP contribution in [0.15, 0.2) is 29.1 Å². The van der Waals surface area contributed by atoms with Crippen molar-refractivity contribution in [1.82, 2.24) is 14.9 Å². The molecule has 9 heteroatoms. The average Bonchev–Trinajstić information content (AvgIpc) is 3.10. The number of aryl methyl sites for hydroxylation is 2. The van der Waals surface area contributed by atoms with Crippen molar-refractivity contribution in [3.63, 3.8) is 0 Å². The maximum atomic E-state index is 12.4. The van der Waals surface area contributed by atoms with Gasteiger partial charge in [0.15, 0.2) is 11.9 Å². The molecule has 29 heavy (non-hydrogen) atoms. The molecule has 0 fully saturated rings. The Labute approximate surface area is 169 Å². The summed E-state index contributed by atoms with van der Waals surface area (Å²) in [6, 6.07) is 6.39. The van der Waals surface area contributed by atoms with Gasteiger partial charge in [0.1, 0.15) is 11.4 Å². The number of imide groups is 1. The summed E-state index contributed by atoms with van der Waals surface area (Å²) in [4.78, 5) is 58.9. The number of nitrogens with one attached hydrogen (secondary N) is 1. The number of hydrogen-bond donors (Lipinski definition) is 1. The van der Waals surface area contributed by atoms with Gasteiger partial charge in [0.2, 0.25) is 0 Å². The van der Waals surface area contributed by atoms with Crippen LogP contribution in [0.3, 0.4) is 0 Å². The largest absolute Gasteiger partial charge is 0.453 e. The number of amides is 2. The van der Waals surface area contributed by atoms with Crippen LogP contribution in [0.1, 0.15) is 50.0 Å². The second kappa shape index (κ2) is 6.93. The Morgan fingerprint density at radius 1 is 1.17 bits per heavy atom. The number of fused-ring (bicyclic) bond motifs is 2. The maximum absolute atomic E-state index is 12.4. The van der Waals surface area contributed by atoms with E-state index < -0.39 is 30.4 Å². The van der Waals surface area contributed by atoms with Crippen LogP contribution in [-0.2, 0) is 9.53 Å².